The third-order valence-electron chi connectivity index (χ3n) is 5.16. The van der Waals surface area contributed by atoms with Crippen molar-refractivity contribution in [1.29, 1.82) is 0 Å². The minimum atomic E-state index is -0.312. The Bertz CT molecular complexity index is 845. The van der Waals surface area contributed by atoms with Gasteiger partial charge in [-0.1, -0.05) is 6.08 Å². The number of hydrogen-bond donors (Lipinski definition) is 0. The molecule has 30 heavy (non-hydrogen) atoms. The molecule has 0 spiro atoms. The molecule has 0 aliphatic carbocycles. The molecule has 1 aromatic rings. The van der Waals surface area contributed by atoms with Crippen molar-refractivity contribution in [2.24, 2.45) is 0 Å². The average molecular weight is 416 g/mol. The van der Waals surface area contributed by atoms with Crippen LogP contribution in [0.15, 0.2) is 29.5 Å². The van der Waals surface area contributed by atoms with Crippen LogP contribution in [0, 0.1) is 0 Å². The van der Waals surface area contributed by atoms with Gasteiger partial charge in [-0.25, -0.2) is 0 Å². The van der Waals surface area contributed by atoms with E-state index in [2.05, 4.69) is 0 Å². The summed E-state index contributed by atoms with van der Waals surface area (Å²) >= 11 is 0. The van der Waals surface area contributed by atoms with Crippen LogP contribution in [0.2, 0.25) is 0 Å². The molecule has 1 saturated heterocycles. The molecule has 0 bridgehead atoms. The SMILES string of the molecule is COc1cc(/C=C(\C)C(=O)N2CCC=C(N3CCOCC3)C2=O)cc(OC)c1OC. The van der Waals surface area contributed by atoms with Crippen LogP contribution in [-0.2, 0) is 14.3 Å². The summed E-state index contributed by atoms with van der Waals surface area (Å²) in [7, 11) is 4.61. The number of imide groups is 1. The molecule has 2 aliphatic rings. The molecule has 0 radical (unpaired) electrons. The van der Waals surface area contributed by atoms with E-state index in [1.807, 2.05) is 11.0 Å². The predicted molar refractivity (Wildman–Crippen MR) is 112 cm³/mol. The molecule has 2 aliphatic heterocycles. The van der Waals surface area contributed by atoms with Gasteiger partial charge in [0, 0.05) is 25.2 Å². The van der Waals surface area contributed by atoms with E-state index in [9.17, 15) is 9.59 Å². The summed E-state index contributed by atoms with van der Waals surface area (Å²) < 4.78 is 21.4. The van der Waals surface area contributed by atoms with E-state index < -0.39 is 0 Å². The van der Waals surface area contributed by atoms with Crippen LogP contribution in [-0.4, -0.2) is 75.8 Å². The van der Waals surface area contributed by atoms with Gasteiger partial charge in [0.25, 0.3) is 11.8 Å². The highest BCUT2D eigenvalue weighted by atomic mass is 16.5. The number of ether oxygens (including phenoxy) is 4. The second kappa shape index (κ2) is 9.67. The first-order valence-electron chi connectivity index (χ1n) is 9.87. The highest BCUT2D eigenvalue weighted by Crippen LogP contribution is 2.38. The van der Waals surface area contributed by atoms with Crippen molar-refractivity contribution in [3.8, 4) is 17.2 Å². The Kier molecular flexibility index (Phi) is 6.99. The van der Waals surface area contributed by atoms with Crippen LogP contribution in [0.5, 0.6) is 17.2 Å². The van der Waals surface area contributed by atoms with Crippen LogP contribution >= 0.6 is 0 Å². The van der Waals surface area contributed by atoms with Gasteiger partial charge in [-0.15, -0.1) is 0 Å². The number of carbonyl (C=O) groups excluding carboxylic acids is 2. The Hall–Kier alpha value is -3.00. The summed E-state index contributed by atoms with van der Waals surface area (Å²) in [6.45, 7) is 4.54. The molecule has 8 heteroatoms. The standard InChI is InChI=1S/C22H28N2O6/c1-15(12-16-13-18(27-2)20(29-4)19(14-16)28-3)21(25)24-7-5-6-17(22(24)26)23-8-10-30-11-9-23/h6,12-14H,5,7-11H2,1-4H3/b15-12+. The molecule has 3 rings (SSSR count). The van der Waals surface area contributed by atoms with E-state index in [1.165, 1.54) is 26.2 Å². The number of carbonyl (C=O) groups is 2. The fraction of sp³-hybridized carbons (Fsp3) is 0.455. The largest absolute Gasteiger partial charge is 0.493 e. The van der Waals surface area contributed by atoms with Gasteiger partial charge >= 0.3 is 0 Å². The fourth-order valence-corrected chi connectivity index (χ4v) is 3.63. The topological polar surface area (TPSA) is 77.5 Å². The molecule has 0 saturated carbocycles. The lowest BCUT2D eigenvalue weighted by atomic mass is 10.1. The van der Waals surface area contributed by atoms with Gasteiger partial charge in [-0.2, -0.15) is 0 Å². The molecule has 0 atom stereocenters. The molecule has 1 aromatic carbocycles. The zero-order valence-corrected chi connectivity index (χ0v) is 17.9. The maximum Gasteiger partial charge on any atom is 0.276 e. The molecule has 0 N–H and O–H groups in total. The number of nitrogens with zero attached hydrogens (tertiary/aromatic N) is 2. The van der Waals surface area contributed by atoms with Gasteiger partial charge in [0.15, 0.2) is 11.5 Å². The van der Waals surface area contributed by atoms with E-state index in [1.54, 1.807) is 25.1 Å². The monoisotopic (exact) mass is 416 g/mol. The number of methoxy groups -OCH3 is 3. The summed E-state index contributed by atoms with van der Waals surface area (Å²) in [5.41, 5.74) is 1.74. The predicted octanol–water partition coefficient (Wildman–Crippen LogP) is 2.09. The normalized spacial score (nSPS) is 17.5. The molecule has 162 valence electrons. The Balaban J connectivity index is 1.82. The number of hydrogen-bond acceptors (Lipinski definition) is 7. The minimum Gasteiger partial charge on any atom is -0.493 e. The van der Waals surface area contributed by atoms with Gasteiger partial charge in [0.2, 0.25) is 5.75 Å². The van der Waals surface area contributed by atoms with Crippen LogP contribution in [0.4, 0.5) is 0 Å². The zero-order chi connectivity index (χ0) is 21.7. The number of benzene rings is 1. The maximum absolute atomic E-state index is 13.1. The van der Waals surface area contributed by atoms with Gasteiger partial charge in [0.1, 0.15) is 0 Å². The summed E-state index contributed by atoms with van der Waals surface area (Å²) in [4.78, 5) is 29.3. The molecule has 1 fully saturated rings. The summed E-state index contributed by atoms with van der Waals surface area (Å²) in [5, 5.41) is 0. The summed E-state index contributed by atoms with van der Waals surface area (Å²) in [5.74, 6) is 0.899. The molecule has 2 heterocycles. The molecular formula is C22H28N2O6. The first-order valence-corrected chi connectivity index (χ1v) is 9.87. The minimum absolute atomic E-state index is 0.259. The lowest BCUT2D eigenvalue weighted by Crippen LogP contribution is -2.47. The van der Waals surface area contributed by atoms with Gasteiger partial charge in [0.05, 0.1) is 40.2 Å². The van der Waals surface area contributed by atoms with Crippen LogP contribution in [0.25, 0.3) is 6.08 Å². The Morgan fingerprint density at radius 2 is 1.67 bits per heavy atom. The Morgan fingerprint density at radius 1 is 1.03 bits per heavy atom. The highest BCUT2D eigenvalue weighted by Gasteiger charge is 2.31. The summed E-state index contributed by atoms with van der Waals surface area (Å²) in [6.07, 6.45) is 4.27. The zero-order valence-electron chi connectivity index (χ0n) is 17.9. The Morgan fingerprint density at radius 3 is 2.23 bits per heavy atom. The maximum atomic E-state index is 13.1. The second-order valence-electron chi connectivity index (χ2n) is 7.03. The number of rotatable bonds is 6. The third kappa shape index (κ3) is 4.43. The Labute approximate surface area is 176 Å². The average Bonchev–Trinajstić information content (AvgIpc) is 2.78. The van der Waals surface area contributed by atoms with Crippen LogP contribution < -0.4 is 14.2 Å². The quantitative estimate of drug-likeness (QED) is 0.657. The molecular weight excluding hydrogens is 388 g/mol. The van der Waals surface area contributed by atoms with E-state index in [4.69, 9.17) is 18.9 Å². The van der Waals surface area contributed by atoms with Crippen molar-refractivity contribution in [2.45, 2.75) is 13.3 Å². The molecule has 8 nitrogen and oxygen atoms in total. The molecule has 0 unspecified atom stereocenters. The fourth-order valence-electron chi connectivity index (χ4n) is 3.63. The van der Waals surface area contributed by atoms with Crippen molar-refractivity contribution >= 4 is 17.9 Å². The van der Waals surface area contributed by atoms with Crippen LogP contribution in [0.3, 0.4) is 0 Å². The van der Waals surface area contributed by atoms with E-state index in [-0.39, 0.29) is 11.8 Å². The van der Waals surface area contributed by atoms with Crippen molar-refractivity contribution in [3.63, 3.8) is 0 Å². The smallest absolute Gasteiger partial charge is 0.276 e. The summed E-state index contributed by atoms with van der Waals surface area (Å²) in [6, 6.07) is 3.52. The number of amides is 2. The van der Waals surface area contributed by atoms with Gasteiger partial charge < -0.3 is 23.8 Å². The van der Waals surface area contributed by atoms with Crippen molar-refractivity contribution in [3.05, 3.63) is 35.0 Å². The first-order chi connectivity index (χ1) is 14.5. The van der Waals surface area contributed by atoms with Crippen molar-refractivity contribution in [1.82, 2.24) is 9.80 Å². The molecule has 2 amide bonds. The van der Waals surface area contributed by atoms with Crippen LogP contribution in [0.1, 0.15) is 18.9 Å². The van der Waals surface area contributed by atoms with E-state index >= 15 is 0 Å². The molecule has 0 aromatic heterocycles. The van der Waals surface area contributed by atoms with E-state index in [0.717, 1.165) is 0 Å². The van der Waals surface area contributed by atoms with Gasteiger partial charge in [-0.05, 0) is 37.1 Å². The third-order valence-corrected chi connectivity index (χ3v) is 5.16. The van der Waals surface area contributed by atoms with Crippen molar-refractivity contribution in [2.75, 3.05) is 54.2 Å². The van der Waals surface area contributed by atoms with Gasteiger partial charge in [-0.3, -0.25) is 14.5 Å². The number of morpholine rings is 1. The highest BCUT2D eigenvalue weighted by molar-refractivity contribution is 6.11. The lowest BCUT2D eigenvalue weighted by Gasteiger charge is -2.35. The van der Waals surface area contributed by atoms with E-state index in [0.29, 0.717) is 73.4 Å². The second-order valence-corrected chi connectivity index (χ2v) is 7.03. The van der Waals surface area contributed by atoms with Crippen molar-refractivity contribution < 1.29 is 28.5 Å². The first kappa shape index (κ1) is 21.7. The lowest BCUT2D eigenvalue weighted by molar-refractivity contribution is -0.141.